The monoisotopic (exact) mass is 217 g/mol. The fourth-order valence-electron chi connectivity index (χ4n) is 1.72. The van der Waals surface area contributed by atoms with Crippen molar-refractivity contribution in [3.8, 4) is 0 Å². The number of aromatic nitrogens is 1. The third kappa shape index (κ3) is 1.58. The number of aliphatic carboxylic acids is 1. The summed E-state index contributed by atoms with van der Waals surface area (Å²) in [5, 5.41) is 9.82. The van der Waals surface area contributed by atoms with Gasteiger partial charge in [0.25, 0.3) is 5.56 Å². The first-order chi connectivity index (χ1) is 7.61. The van der Waals surface area contributed by atoms with Crippen LogP contribution in [0.15, 0.2) is 41.2 Å². The Morgan fingerprint density at radius 1 is 1.25 bits per heavy atom. The van der Waals surface area contributed by atoms with Crippen molar-refractivity contribution >= 4 is 16.9 Å². The van der Waals surface area contributed by atoms with E-state index in [0.29, 0.717) is 5.52 Å². The zero-order chi connectivity index (χ0) is 11.7. The van der Waals surface area contributed by atoms with Gasteiger partial charge in [-0.2, -0.15) is 0 Å². The zero-order valence-electron chi connectivity index (χ0n) is 8.75. The molecule has 1 N–H and O–H groups in total. The Morgan fingerprint density at radius 2 is 1.94 bits per heavy atom. The molecule has 0 saturated heterocycles. The number of para-hydroxylation sites is 1. The van der Waals surface area contributed by atoms with Gasteiger partial charge in [0, 0.05) is 6.07 Å². The number of carboxylic acids is 1. The summed E-state index contributed by atoms with van der Waals surface area (Å²) in [5.74, 6) is -1.02. The number of rotatable bonds is 2. The number of hydrogen-bond acceptors (Lipinski definition) is 2. The van der Waals surface area contributed by atoms with Gasteiger partial charge >= 0.3 is 5.97 Å². The summed E-state index contributed by atoms with van der Waals surface area (Å²) >= 11 is 0. The van der Waals surface area contributed by atoms with Gasteiger partial charge < -0.3 is 5.11 Å². The Bertz CT molecular complexity index is 600. The van der Waals surface area contributed by atoms with Crippen molar-refractivity contribution in [3.05, 3.63) is 46.8 Å². The van der Waals surface area contributed by atoms with Crippen molar-refractivity contribution in [2.45, 2.75) is 13.0 Å². The minimum atomic E-state index is -1.02. The van der Waals surface area contributed by atoms with Crippen LogP contribution in [-0.2, 0) is 4.79 Å². The van der Waals surface area contributed by atoms with Crippen molar-refractivity contribution in [1.82, 2.24) is 4.57 Å². The number of benzene rings is 1. The molecule has 0 bridgehead atoms. The van der Waals surface area contributed by atoms with Crippen LogP contribution in [0.4, 0.5) is 0 Å². The van der Waals surface area contributed by atoms with Gasteiger partial charge in [0.15, 0.2) is 0 Å². The molecule has 0 amide bonds. The molecular formula is C12H11NO3. The Kier molecular flexibility index (Phi) is 2.48. The van der Waals surface area contributed by atoms with Crippen molar-refractivity contribution in [3.63, 3.8) is 0 Å². The maximum atomic E-state index is 11.7. The Labute approximate surface area is 91.8 Å². The minimum Gasteiger partial charge on any atom is -0.480 e. The molecule has 1 unspecified atom stereocenters. The van der Waals surface area contributed by atoms with Gasteiger partial charge in [0.2, 0.25) is 0 Å². The molecule has 1 aromatic carbocycles. The molecule has 2 rings (SSSR count). The summed E-state index contributed by atoms with van der Waals surface area (Å²) in [6.45, 7) is 1.50. The number of nitrogens with zero attached hydrogens (tertiary/aromatic N) is 1. The first-order valence-electron chi connectivity index (χ1n) is 4.94. The molecule has 0 aliphatic rings. The number of carboxylic acid groups (broad SMARTS) is 1. The first-order valence-corrected chi connectivity index (χ1v) is 4.94. The minimum absolute atomic E-state index is 0.298. The number of carbonyl (C=O) groups is 1. The fourth-order valence-corrected chi connectivity index (χ4v) is 1.72. The summed E-state index contributed by atoms with van der Waals surface area (Å²) in [5.41, 5.74) is 0.346. The highest BCUT2D eigenvalue weighted by atomic mass is 16.4. The summed E-state index contributed by atoms with van der Waals surface area (Å²) in [4.78, 5) is 22.6. The van der Waals surface area contributed by atoms with E-state index in [4.69, 9.17) is 5.11 Å². The lowest BCUT2D eigenvalue weighted by atomic mass is 10.2. The largest absolute Gasteiger partial charge is 0.480 e. The second-order valence-corrected chi connectivity index (χ2v) is 3.61. The number of fused-ring (bicyclic) bond motifs is 1. The van der Waals surface area contributed by atoms with E-state index < -0.39 is 12.0 Å². The van der Waals surface area contributed by atoms with E-state index in [2.05, 4.69) is 0 Å². The van der Waals surface area contributed by atoms with Gasteiger partial charge in [-0.05, 0) is 24.4 Å². The van der Waals surface area contributed by atoms with Crippen molar-refractivity contribution < 1.29 is 9.90 Å². The maximum Gasteiger partial charge on any atom is 0.326 e. The van der Waals surface area contributed by atoms with Crippen LogP contribution in [-0.4, -0.2) is 15.6 Å². The molecule has 2 aromatic rings. The van der Waals surface area contributed by atoms with Gasteiger partial charge in [-0.3, -0.25) is 9.36 Å². The Morgan fingerprint density at radius 3 is 2.62 bits per heavy atom. The van der Waals surface area contributed by atoms with Crippen molar-refractivity contribution in [1.29, 1.82) is 0 Å². The van der Waals surface area contributed by atoms with E-state index in [9.17, 15) is 9.59 Å². The standard InChI is InChI=1S/C12H11NO3/c1-8(12(15)16)13-10-5-3-2-4-9(10)6-7-11(13)14/h2-8H,1H3,(H,15,16). The Hall–Kier alpha value is -2.10. The van der Waals surface area contributed by atoms with Gasteiger partial charge in [-0.1, -0.05) is 18.2 Å². The van der Waals surface area contributed by atoms with Gasteiger partial charge in [0.1, 0.15) is 6.04 Å². The molecule has 1 atom stereocenters. The predicted molar refractivity (Wildman–Crippen MR) is 60.6 cm³/mol. The van der Waals surface area contributed by atoms with Crippen LogP contribution >= 0.6 is 0 Å². The molecule has 4 heteroatoms. The van der Waals surface area contributed by atoms with Crippen LogP contribution in [0.1, 0.15) is 13.0 Å². The van der Waals surface area contributed by atoms with Crippen molar-refractivity contribution in [2.75, 3.05) is 0 Å². The highest BCUT2D eigenvalue weighted by molar-refractivity contribution is 5.81. The summed E-state index contributed by atoms with van der Waals surface area (Å²) in [7, 11) is 0. The zero-order valence-corrected chi connectivity index (χ0v) is 8.75. The van der Waals surface area contributed by atoms with Crippen LogP contribution in [0.25, 0.3) is 10.9 Å². The maximum absolute atomic E-state index is 11.7. The molecule has 16 heavy (non-hydrogen) atoms. The van der Waals surface area contributed by atoms with Crippen LogP contribution in [0.3, 0.4) is 0 Å². The van der Waals surface area contributed by atoms with Gasteiger partial charge in [-0.15, -0.1) is 0 Å². The van der Waals surface area contributed by atoms with E-state index in [0.717, 1.165) is 5.39 Å². The van der Waals surface area contributed by atoms with Crippen LogP contribution < -0.4 is 5.56 Å². The summed E-state index contributed by atoms with van der Waals surface area (Å²) < 4.78 is 1.29. The summed E-state index contributed by atoms with van der Waals surface area (Å²) in [6, 6.07) is 9.45. The Balaban J connectivity index is 2.80. The summed E-state index contributed by atoms with van der Waals surface area (Å²) in [6.07, 6.45) is 0. The van der Waals surface area contributed by atoms with E-state index in [1.807, 2.05) is 12.1 Å². The fraction of sp³-hybridized carbons (Fsp3) is 0.167. The number of hydrogen-bond donors (Lipinski definition) is 1. The number of pyridine rings is 1. The predicted octanol–water partition coefficient (Wildman–Crippen LogP) is 1.65. The topological polar surface area (TPSA) is 59.3 Å². The average Bonchev–Trinajstić information content (AvgIpc) is 2.28. The SMILES string of the molecule is CC(C(=O)O)n1c(=O)ccc2ccccc21. The van der Waals surface area contributed by atoms with Crippen LogP contribution in [0.5, 0.6) is 0 Å². The lowest BCUT2D eigenvalue weighted by Gasteiger charge is -2.13. The molecule has 1 aromatic heterocycles. The molecule has 0 radical (unpaired) electrons. The van der Waals surface area contributed by atoms with E-state index in [1.165, 1.54) is 17.6 Å². The third-order valence-corrected chi connectivity index (χ3v) is 2.58. The van der Waals surface area contributed by atoms with E-state index in [-0.39, 0.29) is 5.56 Å². The highest BCUT2D eigenvalue weighted by Gasteiger charge is 2.16. The quantitative estimate of drug-likeness (QED) is 0.832. The lowest BCUT2D eigenvalue weighted by Crippen LogP contribution is -2.27. The smallest absolute Gasteiger partial charge is 0.326 e. The molecule has 4 nitrogen and oxygen atoms in total. The normalized spacial score (nSPS) is 12.6. The van der Waals surface area contributed by atoms with Crippen LogP contribution in [0, 0.1) is 0 Å². The molecule has 0 aliphatic heterocycles. The van der Waals surface area contributed by atoms with Crippen LogP contribution in [0.2, 0.25) is 0 Å². The molecular weight excluding hydrogens is 206 g/mol. The third-order valence-electron chi connectivity index (χ3n) is 2.58. The van der Waals surface area contributed by atoms with Crippen molar-refractivity contribution in [2.24, 2.45) is 0 Å². The van der Waals surface area contributed by atoms with Gasteiger partial charge in [0.05, 0.1) is 5.52 Å². The molecule has 82 valence electrons. The molecule has 1 heterocycles. The average molecular weight is 217 g/mol. The molecule has 0 saturated carbocycles. The highest BCUT2D eigenvalue weighted by Crippen LogP contribution is 2.15. The van der Waals surface area contributed by atoms with E-state index >= 15 is 0 Å². The lowest BCUT2D eigenvalue weighted by molar-refractivity contribution is -0.140. The molecule has 0 fully saturated rings. The second kappa shape index (κ2) is 3.81. The molecule has 0 spiro atoms. The van der Waals surface area contributed by atoms with E-state index in [1.54, 1.807) is 18.2 Å². The first kappa shape index (κ1) is 10.4. The second-order valence-electron chi connectivity index (χ2n) is 3.61. The van der Waals surface area contributed by atoms with Gasteiger partial charge in [-0.25, -0.2) is 4.79 Å². The molecule has 0 aliphatic carbocycles.